The third-order valence-electron chi connectivity index (χ3n) is 5.42. The minimum Gasteiger partial charge on any atom is -0.361 e. The highest BCUT2D eigenvalue weighted by atomic mass is 32.2. The number of piperidine rings is 1. The van der Waals surface area contributed by atoms with Crippen LogP contribution in [0.4, 0.5) is 0 Å². The molecular weight excluding hydrogens is 344 g/mol. The van der Waals surface area contributed by atoms with Crippen molar-refractivity contribution in [3.63, 3.8) is 0 Å². The lowest BCUT2D eigenvalue weighted by Gasteiger charge is -2.31. The van der Waals surface area contributed by atoms with Crippen LogP contribution in [0.3, 0.4) is 0 Å². The number of hydrogen-bond donors (Lipinski definition) is 1. The molecular formula is C21H24N2O2S. The molecule has 26 heavy (non-hydrogen) atoms. The summed E-state index contributed by atoms with van der Waals surface area (Å²) >= 11 is 0. The van der Waals surface area contributed by atoms with Gasteiger partial charge in [0.2, 0.25) is 10.0 Å². The van der Waals surface area contributed by atoms with E-state index in [-0.39, 0.29) is 0 Å². The summed E-state index contributed by atoms with van der Waals surface area (Å²) in [4.78, 5) is 3.73. The van der Waals surface area contributed by atoms with Crippen LogP contribution >= 0.6 is 0 Å². The van der Waals surface area contributed by atoms with E-state index in [1.165, 1.54) is 16.5 Å². The summed E-state index contributed by atoms with van der Waals surface area (Å²) in [6.07, 6.45) is 4.91. The Labute approximate surface area is 154 Å². The predicted molar refractivity (Wildman–Crippen MR) is 105 cm³/mol. The lowest BCUT2D eigenvalue weighted by atomic mass is 9.91. The maximum Gasteiger partial charge on any atom is 0.243 e. The molecule has 1 aliphatic heterocycles. The Morgan fingerprint density at radius 2 is 1.73 bits per heavy atom. The molecule has 1 saturated heterocycles. The first kappa shape index (κ1) is 17.3. The van der Waals surface area contributed by atoms with E-state index in [0.717, 1.165) is 24.8 Å². The molecule has 4 nitrogen and oxygen atoms in total. The van der Waals surface area contributed by atoms with Gasteiger partial charge in [-0.1, -0.05) is 35.9 Å². The minimum absolute atomic E-state index is 0.401. The van der Waals surface area contributed by atoms with Gasteiger partial charge < -0.3 is 4.98 Å². The van der Waals surface area contributed by atoms with Gasteiger partial charge in [-0.3, -0.25) is 0 Å². The van der Waals surface area contributed by atoms with E-state index >= 15 is 0 Å². The van der Waals surface area contributed by atoms with Gasteiger partial charge in [-0.05, 0) is 55.9 Å². The number of nitrogens with zero attached hydrogens (tertiary/aromatic N) is 1. The molecule has 0 aliphatic carbocycles. The van der Waals surface area contributed by atoms with Gasteiger partial charge in [0.15, 0.2) is 0 Å². The molecule has 2 heterocycles. The van der Waals surface area contributed by atoms with E-state index in [4.69, 9.17) is 0 Å². The van der Waals surface area contributed by atoms with Crippen molar-refractivity contribution in [3.05, 3.63) is 65.9 Å². The monoisotopic (exact) mass is 368 g/mol. The molecule has 0 spiro atoms. The molecule has 2 aromatic carbocycles. The van der Waals surface area contributed by atoms with Crippen molar-refractivity contribution in [1.82, 2.24) is 9.29 Å². The summed E-state index contributed by atoms with van der Waals surface area (Å²) in [5.74, 6) is 0.527. The van der Waals surface area contributed by atoms with Crippen molar-refractivity contribution in [2.24, 2.45) is 5.92 Å². The van der Waals surface area contributed by atoms with Gasteiger partial charge in [-0.15, -0.1) is 0 Å². The van der Waals surface area contributed by atoms with Crippen LogP contribution in [0.25, 0.3) is 10.9 Å². The van der Waals surface area contributed by atoms with Gasteiger partial charge in [0.1, 0.15) is 0 Å². The van der Waals surface area contributed by atoms with Crippen molar-refractivity contribution < 1.29 is 8.42 Å². The van der Waals surface area contributed by atoms with Crippen molar-refractivity contribution in [1.29, 1.82) is 0 Å². The molecule has 0 saturated carbocycles. The standard InChI is InChI=1S/C21H24N2O2S/c1-16-6-8-19(9-7-16)26(24,25)23-12-10-17(11-13-23)14-18-15-22-21-5-3-2-4-20(18)21/h2-9,15,17,22H,10-14H2,1H3. The van der Waals surface area contributed by atoms with Crippen LogP contribution in [-0.2, 0) is 16.4 Å². The maximum absolute atomic E-state index is 12.8. The van der Waals surface area contributed by atoms with Crippen LogP contribution in [0.1, 0.15) is 24.0 Å². The molecule has 0 bridgehead atoms. The lowest BCUT2D eigenvalue weighted by molar-refractivity contribution is 0.273. The zero-order chi connectivity index (χ0) is 18.1. The highest BCUT2D eigenvalue weighted by Crippen LogP contribution is 2.28. The van der Waals surface area contributed by atoms with Gasteiger partial charge in [-0.25, -0.2) is 8.42 Å². The Balaban J connectivity index is 1.43. The first-order valence-electron chi connectivity index (χ1n) is 9.16. The first-order valence-corrected chi connectivity index (χ1v) is 10.6. The Bertz CT molecular complexity index is 998. The van der Waals surface area contributed by atoms with Crippen molar-refractivity contribution >= 4 is 20.9 Å². The molecule has 1 aliphatic rings. The molecule has 1 fully saturated rings. The fraction of sp³-hybridized carbons (Fsp3) is 0.333. The van der Waals surface area contributed by atoms with Gasteiger partial charge in [0.25, 0.3) is 0 Å². The van der Waals surface area contributed by atoms with E-state index in [1.807, 2.05) is 25.1 Å². The number of sulfonamides is 1. The topological polar surface area (TPSA) is 53.2 Å². The molecule has 5 heteroatoms. The molecule has 1 N–H and O–H groups in total. The average Bonchev–Trinajstić information content (AvgIpc) is 3.06. The number of rotatable bonds is 4. The molecule has 0 amide bonds. The average molecular weight is 369 g/mol. The molecule has 1 aromatic heterocycles. The summed E-state index contributed by atoms with van der Waals surface area (Å²) in [5.41, 5.74) is 3.57. The molecule has 3 aromatic rings. The fourth-order valence-electron chi connectivity index (χ4n) is 3.82. The number of fused-ring (bicyclic) bond motifs is 1. The van der Waals surface area contributed by atoms with Crippen LogP contribution in [0.15, 0.2) is 59.6 Å². The number of benzene rings is 2. The number of para-hydroxylation sites is 1. The maximum atomic E-state index is 12.8. The van der Waals surface area contributed by atoms with Crippen molar-refractivity contribution in [2.45, 2.75) is 31.1 Å². The smallest absolute Gasteiger partial charge is 0.243 e. The van der Waals surface area contributed by atoms with Crippen LogP contribution in [0.2, 0.25) is 0 Å². The SMILES string of the molecule is Cc1ccc(S(=O)(=O)N2CCC(Cc3c[nH]c4ccccc34)CC2)cc1. The largest absolute Gasteiger partial charge is 0.361 e. The zero-order valence-corrected chi connectivity index (χ0v) is 15.8. The summed E-state index contributed by atoms with van der Waals surface area (Å²) < 4.78 is 27.3. The third-order valence-corrected chi connectivity index (χ3v) is 7.33. The van der Waals surface area contributed by atoms with E-state index in [9.17, 15) is 8.42 Å². The van der Waals surface area contributed by atoms with Gasteiger partial charge >= 0.3 is 0 Å². The number of hydrogen-bond acceptors (Lipinski definition) is 2. The molecule has 0 radical (unpaired) electrons. The Hall–Kier alpha value is -2.11. The summed E-state index contributed by atoms with van der Waals surface area (Å²) in [7, 11) is -3.37. The van der Waals surface area contributed by atoms with E-state index in [0.29, 0.717) is 23.9 Å². The zero-order valence-electron chi connectivity index (χ0n) is 15.0. The van der Waals surface area contributed by atoms with Crippen LogP contribution in [0.5, 0.6) is 0 Å². The van der Waals surface area contributed by atoms with Gasteiger partial charge in [0, 0.05) is 30.2 Å². The summed E-state index contributed by atoms with van der Waals surface area (Å²) in [5, 5.41) is 1.28. The van der Waals surface area contributed by atoms with Gasteiger partial charge in [-0.2, -0.15) is 4.31 Å². The summed E-state index contributed by atoms with van der Waals surface area (Å²) in [6, 6.07) is 15.5. The van der Waals surface area contributed by atoms with Crippen molar-refractivity contribution in [3.8, 4) is 0 Å². The normalized spacial score (nSPS) is 17.0. The fourth-order valence-corrected chi connectivity index (χ4v) is 5.29. The minimum atomic E-state index is -3.37. The Morgan fingerprint density at radius 3 is 2.46 bits per heavy atom. The molecule has 0 atom stereocenters. The second kappa shape index (κ2) is 6.89. The highest BCUT2D eigenvalue weighted by molar-refractivity contribution is 7.89. The van der Waals surface area contributed by atoms with Crippen LogP contribution in [-0.4, -0.2) is 30.8 Å². The predicted octanol–water partition coefficient (Wildman–Crippen LogP) is 4.12. The number of nitrogens with one attached hydrogen (secondary N) is 1. The number of H-pyrrole nitrogens is 1. The van der Waals surface area contributed by atoms with Crippen molar-refractivity contribution in [2.75, 3.05) is 13.1 Å². The Morgan fingerprint density at radius 1 is 1.04 bits per heavy atom. The van der Waals surface area contributed by atoms with E-state index in [1.54, 1.807) is 16.4 Å². The first-order chi connectivity index (χ1) is 12.5. The number of aromatic nitrogens is 1. The van der Waals surface area contributed by atoms with Crippen LogP contribution < -0.4 is 0 Å². The molecule has 4 rings (SSSR count). The molecule has 136 valence electrons. The second-order valence-electron chi connectivity index (χ2n) is 7.22. The lowest BCUT2D eigenvalue weighted by Crippen LogP contribution is -2.38. The quantitative estimate of drug-likeness (QED) is 0.753. The number of aromatic amines is 1. The van der Waals surface area contributed by atoms with E-state index in [2.05, 4.69) is 29.4 Å². The third kappa shape index (κ3) is 3.29. The second-order valence-corrected chi connectivity index (χ2v) is 9.16. The van der Waals surface area contributed by atoms with Crippen LogP contribution in [0, 0.1) is 12.8 Å². The number of aryl methyl sites for hydroxylation is 1. The highest BCUT2D eigenvalue weighted by Gasteiger charge is 2.29. The van der Waals surface area contributed by atoms with E-state index < -0.39 is 10.0 Å². The summed E-state index contributed by atoms with van der Waals surface area (Å²) in [6.45, 7) is 3.17. The Kier molecular flexibility index (Phi) is 4.59. The molecule has 0 unspecified atom stereocenters. The van der Waals surface area contributed by atoms with Gasteiger partial charge in [0.05, 0.1) is 4.90 Å².